The average Bonchev–Trinajstić information content (AvgIpc) is 3.25. The Hall–Kier alpha value is -3.87. The number of benzene rings is 2. The van der Waals surface area contributed by atoms with Gasteiger partial charge in [-0.25, -0.2) is 10.2 Å². The molecule has 0 aliphatic heterocycles. The van der Waals surface area contributed by atoms with Crippen molar-refractivity contribution < 1.29 is 23.5 Å². The van der Waals surface area contributed by atoms with Gasteiger partial charge in [-0.15, -0.1) is 0 Å². The number of methoxy groups -OCH3 is 1. The van der Waals surface area contributed by atoms with Gasteiger partial charge in [0, 0.05) is 0 Å². The van der Waals surface area contributed by atoms with E-state index in [1.54, 1.807) is 24.3 Å². The van der Waals surface area contributed by atoms with Crippen LogP contribution >= 0.6 is 0 Å². The van der Waals surface area contributed by atoms with Gasteiger partial charge in [0.15, 0.2) is 11.5 Å². The molecule has 0 fully saturated rings. The zero-order chi connectivity index (χ0) is 19.8. The Morgan fingerprint density at radius 2 is 1.89 bits per heavy atom. The fourth-order valence-corrected chi connectivity index (χ4v) is 2.39. The van der Waals surface area contributed by atoms with Gasteiger partial charge in [0.25, 0.3) is 0 Å². The molecule has 28 heavy (non-hydrogen) atoms. The summed E-state index contributed by atoms with van der Waals surface area (Å²) >= 11 is 0. The highest BCUT2D eigenvalue weighted by Crippen LogP contribution is 2.28. The van der Waals surface area contributed by atoms with Gasteiger partial charge in [0.1, 0.15) is 0 Å². The van der Waals surface area contributed by atoms with Crippen LogP contribution in [0.15, 0.2) is 76.4 Å². The minimum atomic E-state index is -0.627. The predicted molar refractivity (Wildman–Crippen MR) is 103 cm³/mol. The van der Waals surface area contributed by atoms with Gasteiger partial charge in [-0.3, -0.25) is 4.79 Å². The van der Waals surface area contributed by atoms with E-state index in [-0.39, 0.29) is 23.8 Å². The van der Waals surface area contributed by atoms with Crippen LogP contribution in [0, 0.1) is 0 Å². The number of nitrogens with one attached hydrogen (secondary N) is 1. The van der Waals surface area contributed by atoms with Crippen molar-refractivity contribution in [3.63, 3.8) is 0 Å². The van der Waals surface area contributed by atoms with Crippen molar-refractivity contribution in [1.29, 1.82) is 0 Å². The van der Waals surface area contributed by atoms with Crippen LogP contribution in [0.25, 0.3) is 0 Å². The normalized spacial score (nSPS) is 10.6. The molecular weight excluding hydrogens is 360 g/mol. The number of carbonyl (C=O) groups is 2. The molecule has 0 saturated carbocycles. The lowest BCUT2D eigenvalue weighted by atomic mass is 10.1. The van der Waals surface area contributed by atoms with Crippen LogP contribution in [-0.2, 0) is 11.2 Å². The second kappa shape index (κ2) is 9.18. The first-order valence-corrected chi connectivity index (χ1v) is 8.45. The van der Waals surface area contributed by atoms with Crippen molar-refractivity contribution in [3.05, 3.63) is 83.8 Å². The lowest BCUT2D eigenvalue weighted by Gasteiger charge is -2.09. The summed E-state index contributed by atoms with van der Waals surface area (Å²) in [5, 5.41) is 3.94. The summed E-state index contributed by atoms with van der Waals surface area (Å²) in [6.45, 7) is 0. The van der Waals surface area contributed by atoms with E-state index in [1.807, 2.05) is 30.3 Å². The SMILES string of the molecule is COc1cc(/C=N\NC(=O)Cc2ccccc2)ccc1OC(=O)c1ccco1. The first-order valence-electron chi connectivity index (χ1n) is 8.45. The fraction of sp³-hybridized carbons (Fsp3) is 0.0952. The Balaban J connectivity index is 1.60. The minimum absolute atomic E-state index is 0.0915. The first-order chi connectivity index (χ1) is 13.7. The maximum Gasteiger partial charge on any atom is 0.379 e. The molecule has 0 spiro atoms. The summed E-state index contributed by atoms with van der Waals surface area (Å²) in [5.41, 5.74) is 4.04. The summed E-state index contributed by atoms with van der Waals surface area (Å²) in [4.78, 5) is 23.9. The first kappa shape index (κ1) is 18.9. The molecule has 3 aromatic rings. The van der Waals surface area contributed by atoms with E-state index in [1.165, 1.54) is 25.7 Å². The Kier molecular flexibility index (Phi) is 6.20. The number of amides is 1. The number of hydrogen-bond acceptors (Lipinski definition) is 6. The standard InChI is InChI=1S/C21H18N2O5/c1-26-19-12-16(9-10-17(19)28-21(25)18-8-5-11-27-18)14-22-23-20(24)13-15-6-3-2-4-7-15/h2-12,14H,13H2,1H3,(H,23,24)/b22-14-. The van der Waals surface area contributed by atoms with Crippen LogP contribution in [0.4, 0.5) is 0 Å². The molecule has 0 aliphatic rings. The van der Waals surface area contributed by atoms with E-state index in [9.17, 15) is 9.59 Å². The Labute approximate surface area is 161 Å². The summed E-state index contributed by atoms with van der Waals surface area (Å²) in [6, 6.07) is 17.4. The van der Waals surface area contributed by atoms with Gasteiger partial charge >= 0.3 is 5.97 Å². The number of hydrogen-bond donors (Lipinski definition) is 1. The van der Waals surface area contributed by atoms with Crippen LogP contribution in [0.1, 0.15) is 21.7 Å². The maximum absolute atomic E-state index is 12.0. The molecule has 7 heteroatoms. The monoisotopic (exact) mass is 378 g/mol. The second-order valence-corrected chi connectivity index (χ2v) is 5.73. The topological polar surface area (TPSA) is 90.1 Å². The van der Waals surface area contributed by atoms with Gasteiger partial charge in [0.05, 0.1) is 26.0 Å². The number of carbonyl (C=O) groups excluding carboxylic acids is 2. The zero-order valence-corrected chi connectivity index (χ0v) is 15.1. The zero-order valence-electron chi connectivity index (χ0n) is 15.1. The lowest BCUT2D eigenvalue weighted by molar-refractivity contribution is -0.120. The smallest absolute Gasteiger partial charge is 0.379 e. The molecule has 142 valence electrons. The summed E-state index contributed by atoms with van der Waals surface area (Å²) < 4.78 is 15.5. The number of hydrazone groups is 1. The largest absolute Gasteiger partial charge is 0.493 e. The molecule has 7 nitrogen and oxygen atoms in total. The third-order valence-corrected chi connectivity index (χ3v) is 3.72. The summed E-state index contributed by atoms with van der Waals surface area (Å²) in [7, 11) is 1.46. The molecule has 0 saturated heterocycles. The molecule has 0 atom stereocenters. The van der Waals surface area contributed by atoms with E-state index in [2.05, 4.69) is 10.5 Å². The number of ether oxygens (including phenoxy) is 2. The molecule has 0 radical (unpaired) electrons. The highest BCUT2D eigenvalue weighted by Gasteiger charge is 2.14. The molecular formula is C21H18N2O5. The second-order valence-electron chi connectivity index (χ2n) is 5.73. The molecule has 0 aliphatic carbocycles. The number of nitrogens with zero attached hydrogens (tertiary/aromatic N) is 1. The third-order valence-electron chi connectivity index (χ3n) is 3.72. The highest BCUT2D eigenvalue weighted by molar-refractivity contribution is 5.89. The Morgan fingerprint density at radius 1 is 1.07 bits per heavy atom. The van der Waals surface area contributed by atoms with Crippen molar-refractivity contribution in [2.45, 2.75) is 6.42 Å². The van der Waals surface area contributed by atoms with Crippen LogP contribution in [0.3, 0.4) is 0 Å². The minimum Gasteiger partial charge on any atom is -0.493 e. The summed E-state index contributed by atoms with van der Waals surface area (Å²) in [6.07, 6.45) is 3.10. The van der Waals surface area contributed by atoms with Crippen molar-refractivity contribution >= 4 is 18.1 Å². The van der Waals surface area contributed by atoms with Crippen molar-refractivity contribution in [3.8, 4) is 11.5 Å². The van der Waals surface area contributed by atoms with Gasteiger partial charge in [-0.05, 0) is 41.5 Å². The maximum atomic E-state index is 12.0. The van der Waals surface area contributed by atoms with Gasteiger partial charge < -0.3 is 13.9 Å². The Morgan fingerprint density at radius 3 is 2.61 bits per heavy atom. The fourth-order valence-electron chi connectivity index (χ4n) is 2.39. The van der Waals surface area contributed by atoms with E-state index in [4.69, 9.17) is 13.9 Å². The quantitative estimate of drug-likeness (QED) is 0.295. The Bertz CT molecular complexity index is 966. The molecule has 0 unspecified atom stereocenters. The van der Waals surface area contributed by atoms with E-state index in [0.29, 0.717) is 11.3 Å². The molecule has 0 bridgehead atoms. The van der Waals surface area contributed by atoms with E-state index < -0.39 is 5.97 Å². The van der Waals surface area contributed by atoms with Crippen LogP contribution < -0.4 is 14.9 Å². The van der Waals surface area contributed by atoms with Crippen LogP contribution in [0.2, 0.25) is 0 Å². The van der Waals surface area contributed by atoms with Crippen molar-refractivity contribution in [2.75, 3.05) is 7.11 Å². The highest BCUT2D eigenvalue weighted by atomic mass is 16.6. The predicted octanol–water partition coefficient (Wildman–Crippen LogP) is 3.20. The number of furan rings is 1. The van der Waals surface area contributed by atoms with Gasteiger partial charge in [0.2, 0.25) is 11.7 Å². The molecule has 1 aromatic heterocycles. The average molecular weight is 378 g/mol. The molecule has 1 amide bonds. The van der Waals surface area contributed by atoms with Crippen LogP contribution in [0.5, 0.6) is 11.5 Å². The van der Waals surface area contributed by atoms with Crippen LogP contribution in [-0.4, -0.2) is 25.2 Å². The molecule has 3 rings (SSSR count). The lowest BCUT2D eigenvalue weighted by Crippen LogP contribution is -2.19. The van der Waals surface area contributed by atoms with Gasteiger partial charge in [-0.1, -0.05) is 30.3 Å². The van der Waals surface area contributed by atoms with Crippen molar-refractivity contribution in [1.82, 2.24) is 5.43 Å². The van der Waals surface area contributed by atoms with Gasteiger partial charge in [-0.2, -0.15) is 5.10 Å². The van der Waals surface area contributed by atoms with E-state index in [0.717, 1.165) is 5.56 Å². The van der Waals surface area contributed by atoms with Crippen molar-refractivity contribution in [2.24, 2.45) is 5.10 Å². The number of esters is 1. The summed E-state index contributed by atoms with van der Waals surface area (Å²) in [5.74, 6) is -0.168. The molecule has 1 heterocycles. The third kappa shape index (κ3) is 5.07. The molecule has 2 aromatic carbocycles. The number of rotatable bonds is 7. The van der Waals surface area contributed by atoms with E-state index >= 15 is 0 Å². The molecule has 1 N–H and O–H groups in total.